The predicted octanol–water partition coefficient (Wildman–Crippen LogP) is 2.68. The largest absolute Gasteiger partial charge is 0.485 e. The minimum Gasteiger partial charge on any atom is -0.485 e. The Bertz CT molecular complexity index is 670. The third-order valence-electron chi connectivity index (χ3n) is 2.80. The number of carboxylic acids is 1. The van der Waals surface area contributed by atoms with E-state index in [0.717, 1.165) is 11.6 Å². The van der Waals surface area contributed by atoms with Crippen molar-refractivity contribution in [2.75, 3.05) is 6.61 Å². The summed E-state index contributed by atoms with van der Waals surface area (Å²) in [6.07, 6.45) is 0.376. The van der Waals surface area contributed by atoms with Gasteiger partial charge in [0.1, 0.15) is 17.9 Å². The number of aldehydes is 1. The molecule has 0 aliphatic rings. The molecule has 2 aromatic carbocycles. The van der Waals surface area contributed by atoms with Crippen molar-refractivity contribution in [1.29, 1.82) is 0 Å². The highest BCUT2D eigenvalue weighted by molar-refractivity contribution is 5.84. The van der Waals surface area contributed by atoms with E-state index in [2.05, 4.69) is 0 Å². The van der Waals surface area contributed by atoms with Crippen LogP contribution in [0, 0.1) is 5.82 Å². The zero-order valence-electron chi connectivity index (χ0n) is 11.5. The molecule has 0 saturated heterocycles. The van der Waals surface area contributed by atoms with Gasteiger partial charge in [0.15, 0.2) is 24.5 Å². The van der Waals surface area contributed by atoms with Gasteiger partial charge in [0.25, 0.3) is 0 Å². The molecular formula is C16H13FO5. The molecule has 2 aromatic rings. The van der Waals surface area contributed by atoms with Crippen LogP contribution in [-0.4, -0.2) is 24.0 Å². The first kappa shape index (κ1) is 15.5. The Labute approximate surface area is 125 Å². The van der Waals surface area contributed by atoms with Crippen LogP contribution in [0.2, 0.25) is 0 Å². The maximum atomic E-state index is 13.9. The minimum absolute atomic E-state index is 0.0399. The van der Waals surface area contributed by atoms with Gasteiger partial charge in [-0.1, -0.05) is 30.3 Å². The first-order chi connectivity index (χ1) is 10.6. The third-order valence-corrected chi connectivity index (χ3v) is 2.80. The van der Waals surface area contributed by atoms with Crippen molar-refractivity contribution < 1.29 is 28.6 Å². The van der Waals surface area contributed by atoms with Gasteiger partial charge >= 0.3 is 5.97 Å². The first-order valence-electron chi connectivity index (χ1n) is 6.41. The molecule has 0 spiro atoms. The van der Waals surface area contributed by atoms with Gasteiger partial charge in [-0.15, -0.1) is 0 Å². The van der Waals surface area contributed by atoms with Crippen molar-refractivity contribution in [1.82, 2.24) is 0 Å². The second-order valence-corrected chi connectivity index (χ2v) is 4.36. The van der Waals surface area contributed by atoms with E-state index in [1.54, 1.807) is 12.1 Å². The Morgan fingerprint density at radius 2 is 1.86 bits per heavy atom. The van der Waals surface area contributed by atoms with Crippen LogP contribution in [0.1, 0.15) is 15.9 Å². The fraction of sp³-hybridized carbons (Fsp3) is 0.125. The van der Waals surface area contributed by atoms with Crippen LogP contribution >= 0.6 is 0 Å². The van der Waals surface area contributed by atoms with Gasteiger partial charge in [-0.2, -0.15) is 0 Å². The molecule has 0 fully saturated rings. The number of carbonyl (C=O) groups is 2. The van der Waals surface area contributed by atoms with Crippen LogP contribution in [0.15, 0.2) is 42.5 Å². The summed E-state index contributed by atoms with van der Waals surface area (Å²) in [6.45, 7) is -0.564. The molecule has 6 heteroatoms. The summed E-state index contributed by atoms with van der Waals surface area (Å²) in [5, 5.41) is 8.60. The van der Waals surface area contributed by atoms with E-state index >= 15 is 0 Å². The quantitative estimate of drug-likeness (QED) is 0.796. The van der Waals surface area contributed by atoms with E-state index in [1.807, 2.05) is 18.2 Å². The van der Waals surface area contributed by atoms with Crippen LogP contribution in [0.5, 0.6) is 11.5 Å². The number of ether oxygens (including phenoxy) is 2. The number of hydrogen-bond acceptors (Lipinski definition) is 4. The molecule has 0 radical (unpaired) electrons. The Morgan fingerprint density at radius 3 is 2.50 bits per heavy atom. The standard InChI is InChI=1S/C16H13FO5/c17-13-6-7-14(21-10-15(19)20)12(8-18)16(13)22-9-11-4-2-1-3-5-11/h1-8H,9-10H2,(H,19,20). The second-order valence-electron chi connectivity index (χ2n) is 4.36. The molecule has 22 heavy (non-hydrogen) atoms. The molecule has 0 unspecified atom stereocenters. The van der Waals surface area contributed by atoms with E-state index in [-0.39, 0.29) is 23.7 Å². The summed E-state index contributed by atoms with van der Waals surface area (Å²) in [7, 11) is 0. The summed E-state index contributed by atoms with van der Waals surface area (Å²) in [5.74, 6) is -2.22. The van der Waals surface area contributed by atoms with Crippen molar-refractivity contribution >= 4 is 12.3 Å². The molecular weight excluding hydrogens is 291 g/mol. The smallest absolute Gasteiger partial charge is 0.341 e. The van der Waals surface area contributed by atoms with E-state index in [4.69, 9.17) is 14.6 Å². The number of carbonyl (C=O) groups excluding carboxylic acids is 1. The zero-order chi connectivity index (χ0) is 15.9. The van der Waals surface area contributed by atoms with Crippen LogP contribution in [-0.2, 0) is 11.4 Å². The van der Waals surface area contributed by atoms with Crippen LogP contribution in [0.3, 0.4) is 0 Å². The molecule has 114 valence electrons. The fourth-order valence-electron chi connectivity index (χ4n) is 1.81. The highest BCUT2D eigenvalue weighted by atomic mass is 19.1. The van der Waals surface area contributed by atoms with Gasteiger partial charge in [-0.3, -0.25) is 4.79 Å². The predicted molar refractivity (Wildman–Crippen MR) is 75.7 cm³/mol. The van der Waals surface area contributed by atoms with E-state index in [9.17, 15) is 14.0 Å². The summed E-state index contributed by atoms with van der Waals surface area (Å²) in [5.41, 5.74) is 0.646. The molecule has 0 aromatic heterocycles. The van der Waals surface area contributed by atoms with Gasteiger partial charge in [-0.25, -0.2) is 9.18 Å². The molecule has 0 aliphatic heterocycles. The number of rotatable bonds is 7. The fourth-order valence-corrected chi connectivity index (χ4v) is 1.81. The highest BCUT2D eigenvalue weighted by Gasteiger charge is 2.16. The topological polar surface area (TPSA) is 72.8 Å². The van der Waals surface area contributed by atoms with Crippen molar-refractivity contribution in [3.05, 3.63) is 59.4 Å². The summed E-state index contributed by atoms with van der Waals surface area (Å²) in [6, 6.07) is 11.3. The number of benzene rings is 2. The number of halogens is 1. The molecule has 0 atom stereocenters. The van der Waals surface area contributed by atoms with Crippen molar-refractivity contribution in [3.8, 4) is 11.5 Å². The van der Waals surface area contributed by atoms with Crippen molar-refractivity contribution in [2.24, 2.45) is 0 Å². The average Bonchev–Trinajstić information content (AvgIpc) is 2.53. The third kappa shape index (κ3) is 3.82. The van der Waals surface area contributed by atoms with Crippen LogP contribution in [0.4, 0.5) is 4.39 Å². The Kier molecular flexibility index (Phi) is 5.08. The normalized spacial score (nSPS) is 10.0. The average molecular weight is 304 g/mol. The monoisotopic (exact) mass is 304 g/mol. The van der Waals surface area contributed by atoms with Gasteiger partial charge < -0.3 is 14.6 Å². The lowest BCUT2D eigenvalue weighted by Gasteiger charge is -2.13. The highest BCUT2D eigenvalue weighted by Crippen LogP contribution is 2.30. The molecule has 0 bridgehead atoms. The molecule has 0 saturated carbocycles. The lowest BCUT2D eigenvalue weighted by molar-refractivity contribution is -0.139. The van der Waals surface area contributed by atoms with E-state index in [0.29, 0.717) is 6.29 Å². The summed E-state index contributed by atoms with van der Waals surface area (Å²) < 4.78 is 24.2. The minimum atomic E-state index is -1.20. The van der Waals surface area contributed by atoms with Crippen LogP contribution < -0.4 is 9.47 Å². The molecule has 0 aliphatic carbocycles. The van der Waals surface area contributed by atoms with E-state index < -0.39 is 18.4 Å². The first-order valence-corrected chi connectivity index (χ1v) is 6.41. The Morgan fingerprint density at radius 1 is 1.14 bits per heavy atom. The number of hydrogen-bond donors (Lipinski definition) is 1. The van der Waals surface area contributed by atoms with Crippen LogP contribution in [0.25, 0.3) is 0 Å². The van der Waals surface area contributed by atoms with Gasteiger partial charge in [0.05, 0.1) is 0 Å². The zero-order valence-corrected chi connectivity index (χ0v) is 11.5. The molecule has 0 amide bonds. The molecule has 1 N–H and O–H groups in total. The maximum absolute atomic E-state index is 13.9. The molecule has 0 heterocycles. The van der Waals surface area contributed by atoms with Gasteiger partial charge in [-0.05, 0) is 17.7 Å². The Balaban J connectivity index is 2.23. The number of aliphatic carboxylic acids is 1. The van der Waals surface area contributed by atoms with Crippen molar-refractivity contribution in [2.45, 2.75) is 6.61 Å². The number of carboxylic acid groups (broad SMARTS) is 1. The summed E-state index contributed by atoms with van der Waals surface area (Å²) in [4.78, 5) is 21.7. The van der Waals surface area contributed by atoms with E-state index in [1.165, 1.54) is 6.07 Å². The molecule has 5 nitrogen and oxygen atoms in total. The summed E-state index contributed by atoms with van der Waals surface area (Å²) >= 11 is 0. The van der Waals surface area contributed by atoms with Gasteiger partial charge in [0, 0.05) is 0 Å². The van der Waals surface area contributed by atoms with Crippen molar-refractivity contribution in [3.63, 3.8) is 0 Å². The van der Waals surface area contributed by atoms with Gasteiger partial charge in [0.2, 0.25) is 0 Å². The maximum Gasteiger partial charge on any atom is 0.341 e. The molecule has 2 rings (SSSR count). The SMILES string of the molecule is O=Cc1c(OCC(=O)O)ccc(F)c1OCc1ccccc1. The second kappa shape index (κ2) is 7.21. The lowest BCUT2D eigenvalue weighted by atomic mass is 10.2. The Hall–Kier alpha value is -2.89. The lowest BCUT2D eigenvalue weighted by Crippen LogP contribution is -2.11.